The quantitative estimate of drug-likeness (QED) is 0.527. The van der Waals surface area contributed by atoms with Crippen molar-refractivity contribution in [2.24, 2.45) is 0 Å². The molecule has 0 aliphatic heterocycles. The normalized spacial score (nSPS) is 13.3. The van der Waals surface area contributed by atoms with Crippen molar-refractivity contribution in [3.8, 4) is 5.75 Å². The number of hydrogen-bond donors (Lipinski definition) is 0. The molecule has 1 fully saturated rings. The van der Waals surface area contributed by atoms with Gasteiger partial charge in [-0.1, -0.05) is 35.3 Å². The molecule has 1 saturated carbocycles. The summed E-state index contributed by atoms with van der Waals surface area (Å²) >= 11 is 12.2. The Hall–Kier alpha value is -2.50. The number of ether oxygens (including phenoxy) is 1. The topological polar surface area (TPSA) is 47.4 Å². The van der Waals surface area contributed by atoms with Crippen LogP contribution in [0.2, 0.25) is 10.0 Å². The summed E-state index contributed by atoms with van der Waals surface area (Å²) in [7, 11) is 1.60. The number of halogens is 2. The highest BCUT2D eigenvalue weighted by molar-refractivity contribution is 6.42. The van der Waals surface area contributed by atoms with Gasteiger partial charge in [0.05, 0.1) is 23.7 Å². The van der Waals surface area contributed by atoms with Gasteiger partial charge in [-0.25, -0.2) is 4.98 Å². The molecule has 2 aromatic carbocycles. The molecule has 150 valence electrons. The fourth-order valence-corrected chi connectivity index (χ4v) is 3.62. The van der Waals surface area contributed by atoms with Crippen molar-refractivity contribution in [2.75, 3.05) is 7.11 Å². The Morgan fingerprint density at radius 2 is 2.03 bits per heavy atom. The van der Waals surface area contributed by atoms with Gasteiger partial charge in [-0.3, -0.25) is 4.79 Å². The zero-order chi connectivity index (χ0) is 20.4. The number of nitrogens with zero attached hydrogens (tertiary/aromatic N) is 3. The molecule has 1 aliphatic carbocycles. The van der Waals surface area contributed by atoms with E-state index in [1.807, 2.05) is 46.0 Å². The molecule has 29 heavy (non-hydrogen) atoms. The van der Waals surface area contributed by atoms with Crippen LogP contribution in [0.5, 0.6) is 5.75 Å². The van der Waals surface area contributed by atoms with Crippen LogP contribution in [-0.4, -0.2) is 33.5 Å². The molecular weight excluding hydrogens is 409 g/mol. The summed E-state index contributed by atoms with van der Waals surface area (Å²) in [6.07, 6.45) is 5.71. The minimum Gasteiger partial charge on any atom is -0.497 e. The summed E-state index contributed by atoms with van der Waals surface area (Å²) < 4.78 is 7.30. The predicted molar refractivity (Wildman–Crippen MR) is 114 cm³/mol. The molecule has 1 heterocycles. The number of aromatic nitrogens is 2. The van der Waals surface area contributed by atoms with E-state index >= 15 is 0 Å². The Morgan fingerprint density at radius 3 is 2.76 bits per heavy atom. The molecule has 0 bridgehead atoms. The third-order valence-corrected chi connectivity index (χ3v) is 5.75. The van der Waals surface area contributed by atoms with Crippen LogP contribution in [0.4, 0.5) is 0 Å². The van der Waals surface area contributed by atoms with Gasteiger partial charge in [0.15, 0.2) is 0 Å². The van der Waals surface area contributed by atoms with Gasteiger partial charge in [0, 0.05) is 30.5 Å². The van der Waals surface area contributed by atoms with E-state index in [2.05, 4.69) is 4.98 Å². The number of amides is 1. The summed E-state index contributed by atoms with van der Waals surface area (Å²) in [5, 5.41) is 1.06. The highest BCUT2D eigenvalue weighted by Crippen LogP contribution is 2.30. The summed E-state index contributed by atoms with van der Waals surface area (Å²) in [6.45, 7) is 1.06. The maximum absolute atomic E-state index is 13.2. The van der Waals surface area contributed by atoms with Crippen LogP contribution in [0.15, 0.2) is 54.9 Å². The molecule has 4 rings (SSSR count). The SMILES string of the molecule is COc1cccc(C(=O)N(Cc2nccn2Cc2ccc(Cl)c(Cl)c2)C2CC2)c1. The molecule has 1 amide bonds. The second-order valence-corrected chi connectivity index (χ2v) is 7.93. The third-order valence-electron chi connectivity index (χ3n) is 5.02. The summed E-state index contributed by atoms with van der Waals surface area (Å²) in [5.74, 6) is 1.50. The van der Waals surface area contributed by atoms with Crippen LogP contribution >= 0.6 is 23.2 Å². The molecule has 7 heteroatoms. The van der Waals surface area contributed by atoms with Gasteiger partial charge in [0.2, 0.25) is 0 Å². The lowest BCUT2D eigenvalue weighted by molar-refractivity contribution is 0.0723. The van der Waals surface area contributed by atoms with E-state index < -0.39 is 0 Å². The number of carbonyl (C=O) groups is 1. The van der Waals surface area contributed by atoms with E-state index in [4.69, 9.17) is 27.9 Å². The molecule has 0 spiro atoms. The molecule has 3 aromatic rings. The van der Waals surface area contributed by atoms with Crippen LogP contribution in [0.25, 0.3) is 0 Å². The number of imidazole rings is 1. The standard InChI is InChI=1S/C22H21Cl2N3O2/c1-29-18-4-2-3-16(12-18)22(28)27(17-6-7-17)14-21-25-9-10-26(21)13-15-5-8-19(23)20(24)11-15/h2-5,8-12,17H,6-7,13-14H2,1H3. The monoisotopic (exact) mass is 429 g/mol. The van der Waals surface area contributed by atoms with E-state index in [1.165, 1.54) is 0 Å². The van der Waals surface area contributed by atoms with Crippen LogP contribution < -0.4 is 4.74 Å². The number of methoxy groups -OCH3 is 1. The van der Waals surface area contributed by atoms with Crippen molar-refractivity contribution in [3.05, 3.63) is 81.9 Å². The van der Waals surface area contributed by atoms with Crippen LogP contribution in [0, 0.1) is 0 Å². The van der Waals surface area contributed by atoms with E-state index in [-0.39, 0.29) is 11.9 Å². The second kappa shape index (κ2) is 8.47. The van der Waals surface area contributed by atoms with E-state index in [0.29, 0.717) is 34.4 Å². The largest absolute Gasteiger partial charge is 0.497 e. The molecule has 0 unspecified atom stereocenters. The lowest BCUT2D eigenvalue weighted by atomic mass is 10.2. The second-order valence-electron chi connectivity index (χ2n) is 7.12. The average molecular weight is 430 g/mol. The fourth-order valence-electron chi connectivity index (χ4n) is 3.30. The van der Waals surface area contributed by atoms with Gasteiger partial charge in [0.25, 0.3) is 5.91 Å². The molecule has 0 N–H and O–H groups in total. The van der Waals surface area contributed by atoms with Crippen molar-refractivity contribution in [2.45, 2.75) is 32.0 Å². The fraction of sp³-hybridized carbons (Fsp3) is 0.273. The number of carbonyl (C=O) groups excluding carboxylic acids is 1. The van der Waals surface area contributed by atoms with Gasteiger partial charge in [-0.2, -0.15) is 0 Å². The zero-order valence-corrected chi connectivity index (χ0v) is 17.5. The summed E-state index contributed by atoms with van der Waals surface area (Å²) in [4.78, 5) is 19.6. The lowest BCUT2D eigenvalue weighted by Gasteiger charge is -2.23. The van der Waals surface area contributed by atoms with Crippen LogP contribution in [0.1, 0.15) is 34.6 Å². The number of rotatable bonds is 7. The lowest BCUT2D eigenvalue weighted by Crippen LogP contribution is -2.33. The highest BCUT2D eigenvalue weighted by Gasteiger charge is 2.34. The summed E-state index contributed by atoms with van der Waals surface area (Å²) in [5.41, 5.74) is 1.65. The minimum atomic E-state index is -0.00418. The minimum absolute atomic E-state index is 0.00418. The van der Waals surface area contributed by atoms with Crippen molar-refractivity contribution in [3.63, 3.8) is 0 Å². The first kappa shape index (κ1) is 19.8. The Bertz CT molecular complexity index is 1030. The highest BCUT2D eigenvalue weighted by atomic mass is 35.5. The molecule has 0 saturated heterocycles. The smallest absolute Gasteiger partial charge is 0.254 e. The molecule has 5 nitrogen and oxygen atoms in total. The van der Waals surface area contributed by atoms with Crippen LogP contribution in [0.3, 0.4) is 0 Å². The van der Waals surface area contributed by atoms with Gasteiger partial charge in [0.1, 0.15) is 11.6 Å². The zero-order valence-electron chi connectivity index (χ0n) is 16.0. The van der Waals surface area contributed by atoms with Gasteiger partial charge in [-0.15, -0.1) is 0 Å². The van der Waals surface area contributed by atoms with Gasteiger partial charge >= 0.3 is 0 Å². The van der Waals surface area contributed by atoms with Crippen molar-refractivity contribution in [1.29, 1.82) is 0 Å². The first-order valence-corrected chi connectivity index (χ1v) is 10.2. The van der Waals surface area contributed by atoms with Crippen LogP contribution in [-0.2, 0) is 13.1 Å². The molecule has 1 aliphatic rings. The predicted octanol–water partition coefficient (Wildman–Crippen LogP) is 5.05. The third kappa shape index (κ3) is 4.57. The number of hydrogen-bond acceptors (Lipinski definition) is 3. The van der Waals surface area contributed by atoms with Crippen molar-refractivity contribution in [1.82, 2.24) is 14.5 Å². The Morgan fingerprint density at radius 1 is 1.21 bits per heavy atom. The molecule has 0 radical (unpaired) electrons. The first-order valence-electron chi connectivity index (χ1n) is 9.44. The van der Waals surface area contributed by atoms with E-state index in [1.54, 1.807) is 25.4 Å². The first-order chi connectivity index (χ1) is 14.0. The molecule has 1 aromatic heterocycles. The maximum Gasteiger partial charge on any atom is 0.254 e. The van der Waals surface area contributed by atoms with Crippen molar-refractivity contribution >= 4 is 29.1 Å². The van der Waals surface area contributed by atoms with E-state index in [0.717, 1.165) is 24.2 Å². The Balaban J connectivity index is 1.54. The van der Waals surface area contributed by atoms with Gasteiger partial charge < -0.3 is 14.2 Å². The molecular formula is C22H21Cl2N3O2. The van der Waals surface area contributed by atoms with Crippen molar-refractivity contribution < 1.29 is 9.53 Å². The average Bonchev–Trinajstić information content (AvgIpc) is 3.49. The number of benzene rings is 2. The van der Waals surface area contributed by atoms with Gasteiger partial charge in [-0.05, 0) is 48.7 Å². The Labute approximate surface area is 179 Å². The van der Waals surface area contributed by atoms with E-state index in [9.17, 15) is 4.79 Å². The Kier molecular flexibility index (Phi) is 5.79. The maximum atomic E-state index is 13.2. The summed E-state index contributed by atoms with van der Waals surface area (Å²) in [6, 6.07) is 13.1. The molecule has 0 atom stereocenters.